The van der Waals surface area contributed by atoms with E-state index < -0.39 is 0 Å². The number of hydrogen-bond donors (Lipinski definition) is 1. The van der Waals surface area contributed by atoms with Crippen molar-refractivity contribution >= 4 is 11.6 Å². The molecule has 4 nitrogen and oxygen atoms in total. The molecule has 0 aliphatic carbocycles. The van der Waals surface area contributed by atoms with Crippen LogP contribution in [0.3, 0.4) is 0 Å². The quantitative estimate of drug-likeness (QED) is 0.794. The van der Waals surface area contributed by atoms with Crippen LogP contribution in [0.4, 0.5) is 0 Å². The number of phenolic OH excluding ortho intramolecular Hbond substituents is 1. The summed E-state index contributed by atoms with van der Waals surface area (Å²) in [5.41, 5.74) is 2.77. The van der Waals surface area contributed by atoms with Crippen molar-refractivity contribution in [2.45, 2.75) is 13.3 Å². The molecule has 0 amide bonds. The fraction of sp³-hybridized carbons (Fsp3) is 0.125. The number of aromatic nitrogens is 2. The first kappa shape index (κ1) is 13.6. The topological polar surface area (TPSA) is 59.2 Å². The minimum atomic E-state index is 0.0215. The molecular weight excluding hydrogens is 288 g/mol. The average molecular weight is 301 g/mol. The maximum absolute atomic E-state index is 9.87. The summed E-state index contributed by atoms with van der Waals surface area (Å²) in [5.74, 6) is 0.880. The maximum atomic E-state index is 9.87. The number of halogens is 1. The molecule has 3 aromatic rings. The molecule has 5 heteroatoms. The van der Waals surface area contributed by atoms with Crippen LogP contribution in [-0.2, 0) is 6.42 Å². The standard InChI is InChI=1S/C16H13ClN2O2/c1-10-3-2-4-11(7-10)8-15-18-16(21-19-15)13-6-5-12(17)9-14(13)20/h2-7,9,20H,8H2,1H3. The van der Waals surface area contributed by atoms with Crippen LogP contribution >= 0.6 is 11.6 Å². The van der Waals surface area contributed by atoms with Crippen LogP contribution < -0.4 is 0 Å². The van der Waals surface area contributed by atoms with Gasteiger partial charge in [0.15, 0.2) is 5.82 Å². The third-order valence-corrected chi connectivity index (χ3v) is 3.34. The van der Waals surface area contributed by atoms with Crippen molar-refractivity contribution in [2.24, 2.45) is 0 Å². The van der Waals surface area contributed by atoms with Gasteiger partial charge in [-0.2, -0.15) is 4.98 Å². The number of nitrogens with zero attached hydrogens (tertiary/aromatic N) is 2. The Morgan fingerprint density at radius 2 is 2.05 bits per heavy atom. The van der Waals surface area contributed by atoms with E-state index in [4.69, 9.17) is 16.1 Å². The number of phenols is 1. The molecule has 0 fully saturated rings. The van der Waals surface area contributed by atoms with Crippen molar-refractivity contribution < 1.29 is 9.63 Å². The highest BCUT2D eigenvalue weighted by atomic mass is 35.5. The Labute approximate surface area is 127 Å². The summed E-state index contributed by atoms with van der Waals surface area (Å²) in [7, 11) is 0. The fourth-order valence-electron chi connectivity index (χ4n) is 2.13. The molecule has 0 bridgehead atoms. The molecule has 0 saturated heterocycles. The second-order valence-corrected chi connectivity index (χ2v) is 5.28. The second-order valence-electron chi connectivity index (χ2n) is 4.84. The third-order valence-electron chi connectivity index (χ3n) is 3.10. The number of aromatic hydroxyl groups is 1. The molecule has 1 aromatic heterocycles. The first-order valence-corrected chi connectivity index (χ1v) is 6.86. The van der Waals surface area contributed by atoms with E-state index in [0.717, 1.165) is 5.56 Å². The summed E-state index contributed by atoms with van der Waals surface area (Å²) in [5, 5.41) is 14.3. The summed E-state index contributed by atoms with van der Waals surface area (Å²) >= 11 is 5.81. The van der Waals surface area contributed by atoms with Crippen molar-refractivity contribution in [3.8, 4) is 17.2 Å². The maximum Gasteiger partial charge on any atom is 0.261 e. The summed E-state index contributed by atoms with van der Waals surface area (Å²) in [4.78, 5) is 4.32. The predicted octanol–water partition coefficient (Wildman–Crippen LogP) is 3.99. The molecule has 0 aliphatic rings. The van der Waals surface area contributed by atoms with Gasteiger partial charge in [-0.1, -0.05) is 46.6 Å². The van der Waals surface area contributed by atoms with Crippen LogP contribution in [-0.4, -0.2) is 15.2 Å². The molecule has 3 rings (SSSR count). The Morgan fingerprint density at radius 3 is 2.81 bits per heavy atom. The van der Waals surface area contributed by atoms with Gasteiger partial charge in [0.25, 0.3) is 5.89 Å². The first-order chi connectivity index (χ1) is 10.1. The van der Waals surface area contributed by atoms with Crippen LogP contribution in [0, 0.1) is 6.92 Å². The fourth-order valence-corrected chi connectivity index (χ4v) is 2.29. The number of aryl methyl sites for hydroxylation is 1. The number of rotatable bonds is 3. The lowest BCUT2D eigenvalue weighted by Gasteiger charge is -1.99. The van der Waals surface area contributed by atoms with E-state index in [1.165, 1.54) is 11.6 Å². The molecule has 0 aliphatic heterocycles. The molecule has 2 aromatic carbocycles. The van der Waals surface area contributed by atoms with E-state index in [9.17, 15) is 5.11 Å². The van der Waals surface area contributed by atoms with E-state index in [1.54, 1.807) is 12.1 Å². The van der Waals surface area contributed by atoms with Gasteiger partial charge in [-0.3, -0.25) is 0 Å². The van der Waals surface area contributed by atoms with Gasteiger partial charge in [-0.05, 0) is 30.7 Å². The molecule has 0 radical (unpaired) electrons. The SMILES string of the molecule is Cc1cccc(Cc2noc(-c3ccc(Cl)cc3O)n2)c1. The summed E-state index contributed by atoms with van der Waals surface area (Å²) in [6.07, 6.45) is 0.583. The summed E-state index contributed by atoms with van der Waals surface area (Å²) < 4.78 is 5.21. The Bertz CT molecular complexity index is 783. The highest BCUT2D eigenvalue weighted by Crippen LogP contribution is 2.30. The van der Waals surface area contributed by atoms with Crippen molar-refractivity contribution in [1.82, 2.24) is 10.1 Å². The zero-order valence-corrected chi connectivity index (χ0v) is 12.1. The Balaban J connectivity index is 1.86. The normalized spacial score (nSPS) is 10.8. The highest BCUT2D eigenvalue weighted by molar-refractivity contribution is 6.30. The molecule has 21 heavy (non-hydrogen) atoms. The van der Waals surface area contributed by atoms with E-state index in [0.29, 0.717) is 22.8 Å². The van der Waals surface area contributed by atoms with Gasteiger partial charge in [0.05, 0.1) is 5.56 Å². The highest BCUT2D eigenvalue weighted by Gasteiger charge is 2.13. The first-order valence-electron chi connectivity index (χ1n) is 6.49. The molecule has 0 atom stereocenters. The smallest absolute Gasteiger partial charge is 0.261 e. The second kappa shape index (κ2) is 5.58. The lowest BCUT2D eigenvalue weighted by molar-refractivity contribution is 0.418. The van der Waals surface area contributed by atoms with Gasteiger partial charge >= 0.3 is 0 Å². The molecule has 0 saturated carbocycles. The Morgan fingerprint density at radius 1 is 1.19 bits per heavy atom. The van der Waals surface area contributed by atoms with Crippen LogP contribution in [0.2, 0.25) is 5.02 Å². The third kappa shape index (κ3) is 3.06. The largest absolute Gasteiger partial charge is 0.507 e. The van der Waals surface area contributed by atoms with Crippen LogP contribution in [0.5, 0.6) is 5.75 Å². The number of hydrogen-bond acceptors (Lipinski definition) is 4. The minimum absolute atomic E-state index is 0.0215. The van der Waals surface area contributed by atoms with Gasteiger partial charge in [-0.15, -0.1) is 0 Å². The molecule has 1 N–H and O–H groups in total. The van der Waals surface area contributed by atoms with Crippen LogP contribution in [0.15, 0.2) is 47.0 Å². The Hall–Kier alpha value is -2.33. The lowest BCUT2D eigenvalue weighted by Crippen LogP contribution is -1.91. The van der Waals surface area contributed by atoms with Crippen LogP contribution in [0.1, 0.15) is 17.0 Å². The zero-order valence-electron chi connectivity index (χ0n) is 11.4. The van der Waals surface area contributed by atoms with Crippen LogP contribution in [0.25, 0.3) is 11.5 Å². The van der Waals surface area contributed by atoms with Gasteiger partial charge in [0.1, 0.15) is 5.75 Å². The van der Waals surface area contributed by atoms with E-state index in [1.807, 2.05) is 25.1 Å². The van der Waals surface area contributed by atoms with E-state index in [2.05, 4.69) is 16.2 Å². The zero-order chi connectivity index (χ0) is 14.8. The number of benzene rings is 2. The predicted molar refractivity (Wildman–Crippen MR) is 80.4 cm³/mol. The van der Waals surface area contributed by atoms with E-state index >= 15 is 0 Å². The molecule has 106 valence electrons. The molecule has 0 spiro atoms. The van der Waals surface area contributed by atoms with Gasteiger partial charge in [0, 0.05) is 11.4 Å². The van der Waals surface area contributed by atoms with Gasteiger partial charge in [-0.25, -0.2) is 0 Å². The van der Waals surface area contributed by atoms with Gasteiger partial charge in [0.2, 0.25) is 0 Å². The monoisotopic (exact) mass is 300 g/mol. The van der Waals surface area contributed by atoms with E-state index in [-0.39, 0.29) is 11.6 Å². The van der Waals surface area contributed by atoms with Crippen molar-refractivity contribution in [1.29, 1.82) is 0 Å². The lowest BCUT2D eigenvalue weighted by atomic mass is 10.1. The minimum Gasteiger partial charge on any atom is -0.507 e. The average Bonchev–Trinajstić information content (AvgIpc) is 2.87. The van der Waals surface area contributed by atoms with Gasteiger partial charge < -0.3 is 9.63 Å². The Kier molecular flexibility index (Phi) is 3.62. The molecule has 1 heterocycles. The van der Waals surface area contributed by atoms with Crippen molar-refractivity contribution in [3.05, 3.63) is 64.4 Å². The summed E-state index contributed by atoms with van der Waals surface area (Å²) in [6, 6.07) is 12.9. The van der Waals surface area contributed by atoms with Crippen molar-refractivity contribution in [2.75, 3.05) is 0 Å². The summed E-state index contributed by atoms with van der Waals surface area (Å²) in [6.45, 7) is 2.04. The molecular formula is C16H13ClN2O2. The van der Waals surface area contributed by atoms with Crippen molar-refractivity contribution in [3.63, 3.8) is 0 Å². The molecule has 0 unspecified atom stereocenters.